The second-order valence-corrected chi connectivity index (χ2v) is 6.51. The van der Waals surface area contributed by atoms with Crippen molar-refractivity contribution in [3.05, 3.63) is 11.9 Å². The average molecular weight is 324 g/mol. The number of alkyl halides is 1. The molecule has 0 aromatic carbocycles. The number of sulfonamides is 1. The van der Waals surface area contributed by atoms with Crippen LogP contribution in [-0.2, 0) is 10.0 Å². The summed E-state index contributed by atoms with van der Waals surface area (Å²) in [6.45, 7) is 4.79. The van der Waals surface area contributed by atoms with Crippen molar-refractivity contribution in [2.45, 2.75) is 31.6 Å². The molecule has 1 aromatic rings. The highest BCUT2D eigenvalue weighted by molar-refractivity contribution is 9.09. The van der Waals surface area contributed by atoms with E-state index < -0.39 is 10.0 Å². The van der Waals surface area contributed by atoms with Crippen LogP contribution in [0.1, 0.15) is 25.5 Å². The van der Waals surface area contributed by atoms with Gasteiger partial charge in [-0.1, -0.05) is 29.3 Å². The molecule has 5 nitrogen and oxygen atoms in total. The number of aryl methyl sites for hydroxylation is 1. The number of hydrogen-bond acceptors (Lipinski definition) is 3. The maximum Gasteiger partial charge on any atom is 0.246 e. The molecule has 0 unspecified atom stereocenters. The molecular formula is C10H18BrN3O2S. The molecule has 0 saturated heterocycles. The fourth-order valence-electron chi connectivity index (χ4n) is 1.52. The molecule has 0 atom stereocenters. The van der Waals surface area contributed by atoms with Crippen LogP contribution in [0.4, 0.5) is 0 Å². The third-order valence-electron chi connectivity index (χ3n) is 2.50. The lowest BCUT2D eigenvalue weighted by Crippen LogP contribution is -2.33. The molecule has 17 heavy (non-hydrogen) atoms. The molecule has 1 aromatic heterocycles. The van der Waals surface area contributed by atoms with Gasteiger partial charge in [0.15, 0.2) is 0 Å². The van der Waals surface area contributed by atoms with Crippen molar-refractivity contribution in [2.24, 2.45) is 0 Å². The standard InChI is InChI=1S/C10H18BrN3O2S/c1-3-4-6-14(7-5-11)17(15,16)10-8-12-13-9(10)2/h8H,3-7H2,1-2H3,(H,12,13). The summed E-state index contributed by atoms with van der Waals surface area (Å²) in [5, 5.41) is 7.06. The molecule has 98 valence electrons. The number of rotatable bonds is 7. The Hall–Kier alpha value is -0.400. The summed E-state index contributed by atoms with van der Waals surface area (Å²) < 4.78 is 26.2. The molecule has 0 amide bonds. The molecule has 0 radical (unpaired) electrons. The summed E-state index contributed by atoms with van der Waals surface area (Å²) in [4.78, 5) is 0.273. The number of halogens is 1. The molecule has 1 heterocycles. The Morgan fingerprint density at radius 1 is 1.47 bits per heavy atom. The maximum atomic E-state index is 12.4. The minimum Gasteiger partial charge on any atom is -0.281 e. The number of aromatic nitrogens is 2. The quantitative estimate of drug-likeness (QED) is 0.779. The number of nitrogens with one attached hydrogen (secondary N) is 1. The lowest BCUT2D eigenvalue weighted by Gasteiger charge is -2.20. The van der Waals surface area contributed by atoms with E-state index in [1.807, 2.05) is 6.92 Å². The number of aromatic amines is 1. The Labute approximate surface area is 111 Å². The van der Waals surface area contributed by atoms with Gasteiger partial charge in [-0.2, -0.15) is 9.40 Å². The van der Waals surface area contributed by atoms with Crippen LogP contribution in [-0.4, -0.2) is 41.3 Å². The highest BCUT2D eigenvalue weighted by Crippen LogP contribution is 2.18. The zero-order valence-corrected chi connectivity index (χ0v) is 12.5. The van der Waals surface area contributed by atoms with Gasteiger partial charge in [0.25, 0.3) is 0 Å². The Kier molecular flexibility index (Phi) is 5.61. The molecule has 0 aliphatic heterocycles. The van der Waals surface area contributed by atoms with E-state index in [1.54, 1.807) is 6.92 Å². The van der Waals surface area contributed by atoms with Gasteiger partial charge in [-0.3, -0.25) is 5.10 Å². The normalized spacial score (nSPS) is 12.2. The number of hydrogen-bond donors (Lipinski definition) is 1. The van der Waals surface area contributed by atoms with E-state index in [1.165, 1.54) is 10.5 Å². The van der Waals surface area contributed by atoms with E-state index in [-0.39, 0.29) is 4.90 Å². The fourth-order valence-corrected chi connectivity index (χ4v) is 3.78. The number of H-pyrrole nitrogens is 1. The lowest BCUT2D eigenvalue weighted by atomic mass is 10.3. The van der Waals surface area contributed by atoms with Crippen LogP contribution in [0.25, 0.3) is 0 Å². The second-order valence-electron chi connectivity index (χ2n) is 3.81. The number of nitrogens with zero attached hydrogens (tertiary/aromatic N) is 2. The van der Waals surface area contributed by atoms with E-state index in [4.69, 9.17) is 0 Å². The topological polar surface area (TPSA) is 66.1 Å². The Morgan fingerprint density at radius 3 is 2.65 bits per heavy atom. The van der Waals surface area contributed by atoms with Crippen LogP contribution in [0.15, 0.2) is 11.1 Å². The van der Waals surface area contributed by atoms with Crippen molar-refractivity contribution >= 4 is 26.0 Å². The predicted molar refractivity (Wildman–Crippen MR) is 70.8 cm³/mol. The van der Waals surface area contributed by atoms with Crippen LogP contribution in [0.5, 0.6) is 0 Å². The summed E-state index contributed by atoms with van der Waals surface area (Å²) in [5.41, 5.74) is 0.584. The van der Waals surface area contributed by atoms with Gasteiger partial charge in [-0.15, -0.1) is 0 Å². The van der Waals surface area contributed by atoms with E-state index in [0.717, 1.165) is 12.8 Å². The summed E-state index contributed by atoms with van der Waals surface area (Å²) in [6.07, 6.45) is 3.21. The zero-order valence-electron chi connectivity index (χ0n) is 10.1. The highest BCUT2D eigenvalue weighted by Gasteiger charge is 2.26. The van der Waals surface area contributed by atoms with Gasteiger partial charge in [-0.05, 0) is 13.3 Å². The molecule has 0 aliphatic carbocycles. The number of unbranched alkanes of at least 4 members (excludes halogenated alkanes) is 1. The van der Waals surface area contributed by atoms with Crippen molar-refractivity contribution in [2.75, 3.05) is 18.4 Å². The molecule has 0 fully saturated rings. The van der Waals surface area contributed by atoms with Crippen molar-refractivity contribution < 1.29 is 8.42 Å². The van der Waals surface area contributed by atoms with Crippen LogP contribution < -0.4 is 0 Å². The third kappa shape index (κ3) is 3.53. The third-order valence-corrected chi connectivity index (χ3v) is 4.86. The van der Waals surface area contributed by atoms with E-state index in [9.17, 15) is 8.42 Å². The smallest absolute Gasteiger partial charge is 0.246 e. The van der Waals surface area contributed by atoms with Gasteiger partial charge < -0.3 is 0 Å². The van der Waals surface area contributed by atoms with Crippen LogP contribution in [0.2, 0.25) is 0 Å². The van der Waals surface area contributed by atoms with Crippen molar-refractivity contribution in [1.82, 2.24) is 14.5 Å². The van der Waals surface area contributed by atoms with E-state index in [2.05, 4.69) is 26.1 Å². The summed E-state index contributed by atoms with van der Waals surface area (Å²) in [5.74, 6) is 0. The Balaban J connectivity index is 2.96. The first kappa shape index (κ1) is 14.7. The SMILES string of the molecule is CCCCN(CCBr)S(=O)(=O)c1cn[nH]c1C. The lowest BCUT2D eigenvalue weighted by molar-refractivity contribution is 0.421. The molecule has 1 rings (SSSR count). The van der Waals surface area contributed by atoms with Crippen molar-refractivity contribution in [3.63, 3.8) is 0 Å². The molecule has 0 saturated carbocycles. The van der Waals surface area contributed by atoms with E-state index in [0.29, 0.717) is 24.1 Å². The maximum absolute atomic E-state index is 12.4. The minimum absolute atomic E-state index is 0.273. The minimum atomic E-state index is -3.41. The fraction of sp³-hybridized carbons (Fsp3) is 0.700. The van der Waals surface area contributed by atoms with Crippen LogP contribution in [0.3, 0.4) is 0 Å². The zero-order chi connectivity index (χ0) is 12.9. The highest BCUT2D eigenvalue weighted by atomic mass is 79.9. The largest absolute Gasteiger partial charge is 0.281 e. The molecule has 7 heteroatoms. The molecular weight excluding hydrogens is 306 g/mol. The first-order chi connectivity index (χ1) is 8.04. The Bertz CT molecular complexity index is 444. The Morgan fingerprint density at radius 2 is 2.18 bits per heavy atom. The van der Waals surface area contributed by atoms with Gasteiger partial charge in [0.05, 0.1) is 11.9 Å². The monoisotopic (exact) mass is 323 g/mol. The molecule has 0 spiro atoms. The van der Waals surface area contributed by atoms with Crippen molar-refractivity contribution in [1.29, 1.82) is 0 Å². The van der Waals surface area contributed by atoms with E-state index >= 15 is 0 Å². The summed E-state index contributed by atoms with van der Waals surface area (Å²) >= 11 is 3.29. The first-order valence-corrected chi connectivity index (χ1v) is 8.16. The van der Waals surface area contributed by atoms with Gasteiger partial charge in [-0.25, -0.2) is 8.42 Å². The summed E-state index contributed by atoms with van der Waals surface area (Å²) in [6, 6.07) is 0. The molecule has 1 N–H and O–H groups in total. The average Bonchev–Trinajstić information content (AvgIpc) is 2.71. The van der Waals surface area contributed by atoms with Gasteiger partial charge >= 0.3 is 0 Å². The molecule has 0 bridgehead atoms. The van der Waals surface area contributed by atoms with Crippen LogP contribution >= 0.6 is 15.9 Å². The van der Waals surface area contributed by atoms with Gasteiger partial charge in [0.1, 0.15) is 4.90 Å². The van der Waals surface area contributed by atoms with Crippen LogP contribution in [0, 0.1) is 6.92 Å². The van der Waals surface area contributed by atoms with Crippen molar-refractivity contribution in [3.8, 4) is 0 Å². The molecule has 0 aliphatic rings. The predicted octanol–water partition coefficient (Wildman–Crippen LogP) is 1.90. The van der Waals surface area contributed by atoms with Gasteiger partial charge in [0.2, 0.25) is 10.0 Å². The second kappa shape index (κ2) is 6.51. The first-order valence-electron chi connectivity index (χ1n) is 5.60. The van der Waals surface area contributed by atoms with Gasteiger partial charge in [0, 0.05) is 18.4 Å². The summed E-state index contributed by atoms with van der Waals surface area (Å²) in [7, 11) is -3.41.